The Morgan fingerprint density at radius 3 is 2.64 bits per heavy atom. The van der Waals surface area contributed by atoms with Gasteiger partial charge in [0.05, 0.1) is 0 Å². The van der Waals surface area contributed by atoms with Gasteiger partial charge in [0.25, 0.3) is 5.91 Å². The largest absolute Gasteiger partial charge is 0.409 e. The highest BCUT2D eigenvalue weighted by atomic mass is 19.4. The van der Waals surface area contributed by atoms with Crippen LogP contribution in [0.3, 0.4) is 0 Å². The number of aromatic amines is 1. The number of rotatable bonds is 3. The van der Waals surface area contributed by atoms with E-state index in [0.29, 0.717) is 22.4 Å². The molecule has 0 unspecified atom stereocenters. The molecule has 0 atom stereocenters. The molecule has 0 radical (unpaired) electrons. The van der Waals surface area contributed by atoms with Crippen molar-refractivity contribution in [3.8, 4) is 0 Å². The normalized spacial score (nSPS) is 12.0. The SMILES string of the molecule is Cc1cc(/C=C/C(F)(F)F)ccc1C(=O)Nc1ccc2cc[nH]c2c1. The second kappa shape index (κ2) is 6.47. The summed E-state index contributed by atoms with van der Waals surface area (Å²) in [4.78, 5) is 15.5. The van der Waals surface area contributed by atoms with Gasteiger partial charge in [0.15, 0.2) is 0 Å². The highest BCUT2D eigenvalue weighted by molar-refractivity contribution is 6.06. The molecule has 3 nitrogen and oxygen atoms in total. The van der Waals surface area contributed by atoms with Crippen LogP contribution in [-0.2, 0) is 0 Å². The van der Waals surface area contributed by atoms with E-state index in [1.165, 1.54) is 12.1 Å². The summed E-state index contributed by atoms with van der Waals surface area (Å²) in [5.41, 5.74) is 2.94. The Bertz CT molecular complexity index is 955. The number of aryl methyl sites for hydroxylation is 1. The molecular weight excluding hydrogens is 329 g/mol. The van der Waals surface area contributed by atoms with E-state index in [9.17, 15) is 18.0 Å². The first-order valence-corrected chi connectivity index (χ1v) is 7.57. The Labute approximate surface area is 142 Å². The van der Waals surface area contributed by atoms with Gasteiger partial charge in [0.2, 0.25) is 0 Å². The molecule has 3 aromatic rings. The summed E-state index contributed by atoms with van der Waals surface area (Å²) < 4.78 is 36.7. The molecule has 0 aliphatic heterocycles. The van der Waals surface area contributed by atoms with E-state index in [1.807, 2.05) is 24.4 Å². The maximum Gasteiger partial charge on any atom is 0.409 e. The molecule has 6 heteroatoms. The van der Waals surface area contributed by atoms with Gasteiger partial charge in [0, 0.05) is 29.0 Å². The predicted molar refractivity (Wildman–Crippen MR) is 92.5 cm³/mol. The zero-order chi connectivity index (χ0) is 18.0. The van der Waals surface area contributed by atoms with E-state index in [1.54, 1.807) is 19.1 Å². The van der Waals surface area contributed by atoms with Crippen molar-refractivity contribution in [2.45, 2.75) is 13.1 Å². The van der Waals surface area contributed by atoms with E-state index < -0.39 is 6.18 Å². The predicted octanol–water partition coefficient (Wildman–Crippen LogP) is 5.30. The third-order valence-corrected chi connectivity index (χ3v) is 3.77. The summed E-state index contributed by atoms with van der Waals surface area (Å²) in [6, 6.07) is 12.0. The number of carbonyl (C=O) groups excluding carboxylic acids is 1. The van der Waals surface area contributed by atoms with Gasteiger partial charge in [-0.15, -0.1) is 0 Å². The number of amides is 1. The second-order valence-corrected chi connectivity index (χ2v) is 5.68. The van der Waals surface area contributed by atoms with Crippen molar-refractivity contribution < 1.29 is 18.0 Å². The monoisotopic (exact) mass is 344 g/mol. The molecule has 2 aromatic carbocycles. The van der Waals surface area contributed by atoms with Gasteiger partial charge < -0.3 is 10.3 Å². The first-order valence-electron chi connectivity index (χ1n) is 7.57. The number of allylic oxidation sites excluding steroid dienone is 1. The van der Waals surface area contributed by atoms with Crippen molar-refractivity contribution in [3.05, 3.63) is 71.4 Å². The Balaban J connectivity index is 1.78. The first-order chi connectivity index (χ1) is 11.8. The first kappa shape index (κ1) is 16.8. The number of aromatic nitrogens is 1. The lowest BCUT2D eigenvalue weighted by Gasteiger charge is -2.09. The third-order valence-electron chi connectivity index (χ3n) is 3.77. The van der Waals surface area contributed by atoms with Crippen molar-refractivity contribution in [2.75, 3.05) is 5.32 Å². The van der Waals surface area contributed by atoms with E-state index >= 15 is 0 Å². The van der Waals surface area contributed by atoms with Crippen molar-refractivity contribution in [2.24, 2.45) is 0 Å². The van der Waals surface area contributed by atoms with Crippen LogP contribution in [-0.4, -0.2) is 17.1 Å². The van der Waals surface area contributed by atoms with Gasteiger partial charge >= 0.3 is 6.18 Å². The van der Waals surface area contributed by atoms with Gasteiger partial charge in [0.1, 0.15) is 0 Å². The lowest BCUT2D eigenvalue weighted by atomic mass is 10.0. The summed E-state index contributed by atoms with van der Waals surface area (Å²) in [5.74, 6) is -0.310. The molecule has 1 aromatic heterocycles. The molecule has 0 bridgehead atoms. The molecule has 0 saturated heterocycles. The van der Waals surface area contributed by atoms with Crippen LogP contribution in [0, 0.1) is 6.92 Å². The Morgan fingerprint density at radius 2 is 1.92 bits per heavy atom. The van der Waals surface area contributed by atoms with Gasteiger partial charge in [-0.2, -0.15) is 13.2 Å². The van der Waals surface area contributed by atoms with Crippen molar-refractivity contribution >= 4 is 28.6 Å². The number of benzene rings is 2. The van der Waals surface area contributed by atoms with Gasteiger partial charge in [-0.1, -0.05) is 24.3 Å². The summed E-state index contributed by atoms with van der Waals surface area (Å²) in [6.45, 7) is 1.69. The van der Waals surface area contributed by atoms with Gasteiger partial charge in [-0.05, 0) is 47.7 Å². The number of hydrogen-bond donors (Lipinski definition) is 2. The summed E-state index contributed by atoms with van der Waals surface area (Å²) in [6.07, 6.45) is -1.39. The second-order valence-electron chi connectivity index (χ2n) is 5.68. The molecule has 0 saturated carbocycles. The Morgan fingerprint density at radius 1 is 1.12 bits per heavy atom. The van der Waals surface area contributed by atoms with Gasteiger partial charge in [-0.25, -0.2) is 0 Å². The van der Waals surface area contributed by atoms with E-state index in [0.717, 1.165) is 17.0 Å². The Kier molecular flexibility index (Phi) is 4.35. The van der Waals surface area contributed by atoms with E-state index in [4.69, 9.17) is 0 Å². The average Bonchev–Trinajstić information content (AvgIpc) is 3.00. The molecule has 0 spiro atoms. The number of hydrogen-bond acceptors (Lipinski definition) is 1. The number of nitrogens with one attached hydrogen (secondary N) is 2. The average molecular weight is 344 g/mol. The minimum atomic E-state index is -4.36. The minimum Gasteiger partial charge on any atom is -0.361 e. The summed E-state index contributed by atoms with van der Waals surface area (Å²) >= 11 is 0. The highest BCUT2D eigenvalue weighted by Gasteiger charge is 2.21. The summed E-state index contributed by atoms with van der Waals surface area (Å²) in [7, 11) is 0. The fourth-order valence-electron chi connectivity index (χ4n) is 2.56. The molecule has 1 amide bonds. The molecule has 25 heavy (non-hydrogen) atoms. The van der Waals surface area contributed by atoms with Crippen LogP contribution in [0.1, 0.15) is 21.5 Å². The fraction of sp³-hybridized carbons (Fsp3) is 0.105. The highest BCUT2D eigenvalue weighted by Crippen LogP contribution is 2.21. The standard InChI is InChI=1S/C19H15F3N2O/c1-12-10-13(6-8-19(20,21)22)2-5-16(12)18(25)24-15-4-3-14-7-9-23-17(14)11-15/h2-11,23H,1H3,(H,24,25)/b8-6+. The maximum atomic E-state index is 12.4. The number of alkyl halides is 3. The topological polar surface area (TPSA) is 44.9 Å². The number of carbonyl (C=O) groups is 1. The van der Waals surface area contributed by atoms with Crippen LogP contribution >= 0.6 is 0 Å². The minimum absolute atomic E-state index is 0.174. The van der Waals surface area contributed by atoms with Crippen molar-refractivity contribution in [1.29, 1.82) is 0 Å². The number of H-pyrrole nitrogens is 1. The lowest BCUT2D eigenvalue weighted by Crippen LogP contribution is -2.13. The van der Waals surface area contributed by atoms with Gasteiger partial charge in [-0.3, -0.25) is 4.79 Å². The zero-order valence-electron chi connectivity index (χ0n) is 13.3. The third kappa shape index (κ3) is 4.09. The smallest absolute Gasteiger partial charge is 0.361 e. The van der Waals surface area contributed by atoms with E-state index in [-0.39, 0.29) is 12.0 Å². The molecule has 128 valence electrons. The molecule has 0 fully saturated rings. The van der Waals surface area contributed by atoms with Crippen LogP contribution in [0.15, 0.2) is 54.7 Å². The van der Waals surface area contributed by atoms with Crippen molar-refractivity contribution in [3.63, 3.8) is 0 Å². The number of fused-ring (bicyclic) bond motifs is 1. The number of halogens is 3. The van der Waals surface area contributed by atoms with Crippen LogP contribution < -0.4 is 5.32 Å². The van der Waals surface area contributed by atoms with E-state index in [2.05, 4.69) is 10.3 Å². The zero-order valence-corrected chi connectivity index (χ0v) is 13.3. The van der Waals surface area contributed by atoms with Crippen LogP contribution in [0.4, 0.5) is 18.9 Å². The lowest BCUT2D eigenvalue weighted by molar-refractivity contribution is -0.0790. The van der Waals surface area contributed by atoms with Crippen LogP contribution in [0.5, 0.6) is 0 Å². The quantitative estimate of drug-likeness (QED) is 0.665. The maximum absolute atomic E-state index is 12.4. The van der Waals surface area contributed by atoms with Crippen LogP contribution in [0.25, 0.3) is 17.0 Å². The molecule has 3 rings (SSSR count). The Hall–Kier alpha value is -3.02. The molecular formula is C19H15F3N2O. The number of anilines is 1. The molecule has 1 heterocycles. The molecule has 0 aliphatic carbocycles. The summed E-state index contributed by atoms with van der Waals surface area (Å²) in [5, 5.41) is 3.84. The molecule has 0 aliphatic rings. The van der Waals surface area contributed by atoms with Crippen LogP contribution in [0.2, 0.25) is 0 Å². The van der Waals surface area contributed by atoms with Crippen molar-refractivity contribution in [1.82, 2.24) is 4.98 Å². The fourth-order valence-corrected chi connectivity index (χ4v) is 2.56. The molecule has 2 N–H and O–H groups in total.